The number of hydrogen-bond acceptors (Lipinski definition) is 7. The van der Waals surface area contributed by atoms with Gasteiger partial charge in [-0.15, -0.1) is 10.2 Å². The summed E-state index contributed by atoms with van der Waals surface area (Å²) in [6.07, 6.45) is 5.67. The van der Waals surface area contributed by atoms with E-state index in [1.807, 2.05) is 0 Å². The maximum Gasteiger partial charge on any atom is 0.294 e. The molecule has 1 heterocycles. The number of nitro groups is 1. The number of nitrogens with one attached hydrogen (secondary N) is 1. The molecule has 0 radical (unpaired) electrons. The van der Waals surface area contributed by atoms with Gasteiger partial charge in [-0.3, -0.25) is 14.9 Å². The number of rotatable bonds is 6. The number of thioether (sulfide) groups is 1. The van der Waals surface area contributed by atoms with Gasteiger partial charge in [0.1, 0.15) is 5.69 Å². The smallest absolute Gasteiger partial charge is 0.294 e. The minimum atomic E-state index is -0.594. The third-order valence-corrected chi connectivity index (χ3v) is 5.19. The highest BCUT2D eigenvalue weighted by Crippen LogP contribution is 2.33. The van der Waals surface area contributed by atoms with E-state index in [9.17, 15) is 14.9 Å². The Morgan fingerprint density at radius 3 is 2.85 bits per heavy atom. The second-order valence-corrected chi connectivity index (χ2v) is 7.36. The molecule has 1 N–H and O–H groups in total. The first-order valence-corrected chi connectivity index (χ1v) is 9.59. The van der Waals surface area contributed by atoms with Crippen molar-refractivity contribution in [2.45, 2.75) is 43.2 Å². The van der Waals surface area contributed by atoms with Crippen molar-refractivity contribution < 1.29 is 14.1 Å². The van der Waals surface area contributed by atoms with Crippen molar-refractivity contribution in [1.82, 2.24) is 10.2 Å². The van der Waals surface area contributed by atoms with E-state index in [0.717, 1.165) is 37.4 Å². The molecule has 2 aromatic rings. The van der Waals surface area contributed by atoms with Crippen molar-refractivity contribution in [3.63, 3.8) is 0 Å². The van der Waals surface area contributed by atoms with Crippen molar-refractivity contribution >= 4 is 40.6 Å². The molecule has 0 atom stereocenters. The monoisotopic (exact) mass is 396 g/mol. The fraction of sp³-hybridized carbons (Fsp3) is 0.438. The zero-order valence-corrected chi connectivity index (χ0v) is 15.4. The van der Waals surface area contributed by atoms with Gasteiger partial charge in [-0.1, -0.05) is 42.6 Å². The molecule has 1 amide bonds. The summed E-state index contributed by atoms with van der Waals surface area (Å²) in [7, 11) is 0. The molecule has 1 aromatic carbocycles. The Morgan fingerprint density at radius 2 is 2.12 bits per heavy atom. The van der Waals surface area contributed by atoms with Crippen LogP contribution in [-0.4, -0.2) is 26.8 Å². The second-order valence-electron chi connectivity index (χ2n) is 6.00. The second kappa shape index (κ2) is 8.50. The van der Waals surface area contributed by atoms with Crippen LogP contribution in [0.2, 0.25) is 5.02 Å². The van der Waals surface area contributed by atoms with Crippen LogP contribution in [0.25, 0.3) is 0 Å². The third-order valence-electron chi connectivity index (χ3n) is 4.13. The third kappa shape index (κ3) is 4.73. The minimum absolute atomic E-state index is 0.00603. The highest BCUT2D eigenvalue weighted by molar-refractivity contribution is 7.99. The van der Waals surface area contributed by atoms with E-state index in [1.165, 1.54) is 24.6 Å². The molecule has 0 spiro atoms. The van der Waals surface area contributed by atoms with Crippen LogP contribution in [0.1, 0.15) is 43.9 Å². The van der Waals surface area contributed by atoms with E-state index in [1.54, 1.807) is 0 Å². The van der Waals surface area contributed by atoms with E-state index in [2.05, 4.69) is 15.5 Å². The molecule has 0 aliphatic heterocycles. The van der Waals surface area contributed by atoms with Crippen LogP contribution in [-0.2, 0) is 4.79 Å². The number of anilines is 1. The van der Waals surface area contributed by atoms with E-state index in [4.69, 9.17) is 16.0 Å². The highest BCUT2D eigenvalue weighted by atomic mass is 35.5. The number of nitro benzene ring substituents is 1. The first-order valence-electron chi connectivity index (χ1n) is 8.23. The molecular formula is C16H17ClN4O4S. The fourth-order valence-electron chi connectivity index (χ4n) is 2.87. The lowest BCUT2D eigenvalue weighted by atomic mass is 9.89. The average molecular weight is 397 g/mol. The van der Waals surface area contributed by atoms with Gasteiger partial charge >= 0.3 is 0 Å². The minimum Gasteiger partial charge on any atom is -0.416 e. The number of carbonyl (C=O) groups is 1. The molecule has 1 aromatic heterocycles. The lowest BCUT2D eigenvalue weighted by Crippen LogP contribution is -2.15. The van der Waals surface area contributed by atoms with Gasteiger partial charge in [0.05, 0.1) is 10.7 Å². The molecule has 1 saturated carbocycles. The van der Waals surface area contributed by atoms with Crippen LogP contribution in [0.3, 0.4) is 0 Å². The summed E-state index contributed by atoms with van der Waals surface area (Å²) in [5, 5.41) is 22.2. The zero-order valence-electron chi connectivity index (χ0n) is 13.8. The van der Waals surface area contributed by atoms with Crippen LogP contribution in [0, 0.1) is 10.1 Å². The molecule has 138 valence electrons. The molecule has 1 aliphatic rings. The summed E-state index contributed by atoms with van der Waals surface area (Å²) in [5.41, 5.74) is -0.161. The Hall–Kier alpha value is -2.13. The number of carbonyl (C=O) groups excluding carboxylic acids is 1. The summed E-state index contributed by atoms with van der Waals surface area (Å²) in [6.45, 7) is 0. The summed E-state index contributed by atoms with van der Waals surface area (Å²) < 4.78 is 5.64. The van der Waals surface area contributed by atoms with Crippen molar-refractivity contribution in [1.29, 1.82) is 0 Å². The van der Waals surface area contributed by atoms with Crippen molar-refractivity contribution in [3.05, 3.63) is 39.2 Å². The number of nitrogens with zero attached hydrogens (tertiary/aromatic N) is 3. The number of benzene rings is 1. The predicted molar refractivity (Wildman–Crippen MR) is 97.6 cm³/mol. The van der Waals surface area contributed by atoms with Gasteiger partial charge in [0.15, 0.2) is 0 Å². The van der Waals surface area contributed by atoms with Crippen LogP contribution in [0.15, 0.2) is 27.8 Å². The number of hydrogen-bond donors (Lipinski definition) is 1. The van der Waals surface area contributed by atoms with E-state index in [0.29, 0.717) is 17.0 Å². The van der Waals surface area contributed by atoms with E-state index < -0.39 is 10.8 Å². The lowest BCUT2D eigenvalue weighted by Gasteiger charge is -2.17. The van der Waals surface area contributed by atoms with Crippen molar-refractivity contribution in [3.8, 4) is 0 Å². The fourth-order valence-corrected chi connectivity index (χ4v) is 3.60. The Bertz CT molecular complexity index is 807. The SMILES string of the molecule is O=C(CSc1nnc(C2CCCCC2)o1)Nc1ccc(Cl)cc1[N+](=O)[O-]. The quantitative estimate of drug-likeness (QED) is 0.437. The van der Waals surface area contributed by atoms with Gasteiger partial charge < -0.3 is 9.73 Å². The Kier molecular flexibility index (Phi) is 6.10. The predicted octanol–water partition coefficient (Wildman–Crippen LogP) is 4.41. The van der Waals surface area contributed by atoms with Crippen LogP contribution >= 0.6 is 23.4 Å². The van der Waals surface area contributed by atoms with Gasteiger partial charge in [0.25, 0.3) is 10.9 Å². The molecule has 8 nitrogen and oxygen atoms in total. The molecule has 1 aliphatic carbocycles. The lowest BCUT2D eigenvalue weighted by molar-refractivity contribution is -0.383. The number of halogens is 1. The van der Waals surface area contributed by atoms with Crippen LogP contribution in [0.4, 0.5) is 11.4 Å². The molecule has 10 heteroatoms. The maximum absolute atomic E-state index is 12.1. The molecular weight excluding hydrogens is 380 g/mol. The molecule has 3 rings (SSSR count). The average Bonchev–Trinajstić information content (AvgIpc) is 3.11. The molecule has 0 saturated heterocycles. The Balaban J connectivity index is 1.56. The zero-order chi connectivity index (χ0) is 18.5. The van der Waals surface area contributed by atoms with Crippen LogP contribution in [0.5, 0.6) is 0 Å². The molecule has 0 bridgehead atoms. The van der Waals surface area contributed by atoms with Crippen molar-refractivity contribution in [2.75, 3.05) is 11.1 Å². The normalized spacial score (nSPS) is 15.0. The summed E-state index contributed by atoms with van der Waals surface area (Å²) in [6, 6.07) is 4.07. The number of amides is 1. The Morgan fingerprint density at radius 1 is 1.35 bits per heavy atom. The van der Waals surface area contributed by atoms with Crippen molar-refractivity contribution in [2.24, 2.45) is 0 Å². The van der Waals surface area contributed by atoms with Gasteiger partial charge in [-0.05, 0) is 25.0 Å². The van der Waals surface area contributed by atoms with Gasteiger partial charge in [-0.2, -0.15) is 0 Å². The topological polar surface area (TPSA) is 111 Å². The first-order chi connectivity index (χ1) is 12.5. The summed E-state index contributed by atoms with van der Waals surface area (Å²) in [5.74, 6) is 0.529. The van der Waals surface area contributed by atoms with Crippen LogP contribution < -0.4 is 5.32 Å². The first kappa shape index (κ1) is 18.7. The van der Waals surface area contributed by atoms with Gasteiger partial charge in [0, 0.05) is 17.0 Å². The molecule has 26 heavy (non-hydrogen) atoms. The summed E-state index contributed by atoms with van der Waals surface area (Å²) >= 11 is 6.86. The largest absolute Gasteiger partial charge is 0.416 e. The van der Waals surface area contributed by atoms with Gasteiger partial charge in [0.2, 0.25) is 11.8 Å². The highest BCUT2D eigenvalue weighted by Gasteiger charge is 2.22. The van der Waals surface area contributed by atoms with E-state index >= 15 is 0 Å². The standard InChI is InChI=1S/C16H17ClN4O4S/c17-11-6-7-12(13(8-11)21(23)24)18-14(22)9-26-16-20-19-15(25-16)10-4-2-1-3-5-10/h6-8,10H,1-5,9H2,(H,18,22). The van der Waals surface area contributed by atoms with Gasteiger partial charge in [-0.25, -0.2) is 0 Å². The molecule has 0 unspecified atom stereocenters. The Labute approximate surface area is 158 Å². The molecule has 1 fully saturated rings. The maximum atomic E-state index is 12.1. The number of aromatic nitrogens is 2. The van der Waals surface area contributed by atoms with E-state index in [-0.39, 0.29) is 22.2 Å². The summed E-state index contributed by atoms with van der Waals surface area (Å²) in [4.78, 5) is 22.5.